The third-order valence-corrected chi connectivity index (χ3v) is 13.1. The molecule has 0 bridgehead atoms. The minimum Gasteiger partial charge on any atom is -0.317 e. The summed E-state index contributed by atoms with van der Waals surface area (Å²) in [6.45, 7) is 0. The van der Waals surface area contributed by atoms with E-state index in [1.165, 1.54) is 77.3 Å². The number of nitrogens with zero attached hydrogens (tertiary/aromatic N) is 2. The molecule has 0 radical (unpaired) electrons. The van der Waals surface area contributed by atoms with Crippen molar-refractivity contribution < 1.29 is 0 Å². The summed E-state index contributed by atoms with van der Waals surface area (Å²) in [5, 5.41) is 3.81. The highest BCUT2D eigenvalue weighted by Crippen LogP contribution is 2.57. The maximum atomic E-state index is 2.45. The molecule has 0 aliphatic heterocycles. The Labute approximate surface area is 368 Å². The maximum Gasteiger partial charge on any atom is 0.0714 e. The van der Waals surface area contributed by atoms with Crippen LogP contribution in [0.5, 0.6) is 0 Å². The van der Waals surface area contributed by atoms with Gasteiger partial charge in [-0.25, -0.2) is 0 Å². The van der Waals surface area contributed by atoms with Crippen LogP contribution < -0.4 is 4.90 Å². The monoisotopic (exact) mass is 802 g/mol. The molecule has 1 heterocycles. The van der Waals surface area contributed by atoms with Gasteiger partial charge in [0.1, 0.15) is 0 Å². The van der Waals surface area contributed by atoms with Crippen LogP contribution >= 0.6 is 0 Å². The molecule has 2 nitrogen and oxygen atoms in total. The van der Waals surface area contributed by atoms with Gasteiger partial charge < -0.3 is 9.47 Å². The highest BCUT2D eigenvalue weighted by Gasteiger charge is 2.46. The van der Waals surface area contributed by atoms with Gasteiger partial charge in [0.25, 0.3) is 0 Å². The van der Waals surface area contributed by atoms with Crippen molar-refractivity contribution in [1.82, 2.24) is 4.57 Å². The quantitative estimate of drug-likeness (QED) is 0.149. The molecule has 0 atom stereocenters. The molecule has 296 valence electrons. The van der Waals surface area contributed by atoms with E-state index in [-0.39, 0.29) is 0 Å². The van der Waals surface area contributed by atoms with Crippen LogP contribution in [-0.4, -0.2) is 4.57 Å². The Morgan fingerprint density at radius 1 is 0.333 bits per heavy atom. The van der Waals surface area contributed by atoms with Gasteiger partial charge in [-0.1, -0.05) is 188 Å². The van der Waals surface area contributed by atoms with E-state index in [1.807, 2.05) is 0 Å². The Balaban J connectivity index is 0.964. The van der Waals surface area contributed by atoms with Crippen LogP contribution in [0.15, 0.2) is 255 Å². The van der Waals surface area contributed by atoms with Crippen LogP contribution in [0.2, 0.25) is 0 Å². The Bertz CT molecular complexity index is 3360. The molecule has 0 spiro atoms. The predicted octanol–water partition coefficient (Wildman–Crippen LogP) is 16.0. The largest absolute Gasteiger partial charge is 0.317 e. The summed E-state index contributed by atoms with van der Waals surface area (Å²) in [6, 6.07) is 91.0. The lowest BCUT2D eigenvalue weighted by Gasteiger charge is -2.35. The zero-order chi connectivity index (χ0) is 41.7. The van der Waals surface area contributed by atoms with Crippen molar-refractivity contribution in [3.8, 4) is 39.1 Å². The zero-order valence-corrected chi connectivity index (χ0v) is 34.6. The van der Waals surface area contributed by atoms with E-state index in [0.717, 1.165) is 22.7 Å². The van der Waals surface area contributed by atoms with Gasteiger partial charge in [-0.05, 0) is 127 Å². The first-order chi connectivity index (χ1) is 31.2. The first kappa shape index (κ1) is 36.6. The lowest BCUT2D eigenvalue weighted by atomic mass is 9.67. The van der Waals surface area contributed by atoms with E-state index in [0.29, 0.717) is 0 Å². The second-order valence-corrected chi connectivity index (χ2v) is 16.5. The summed E-state index contributed by atoms with van der Waals surface area (Å²) in [6.07, 6.45) is 2.18. The molecule has 0 saturated carbocycles. The van der Waals surface area contributed by atoms with Gasteiger partial charge >= 0.3 is 0 Å². The third-order valence-electron chi connectivity index (χ3n) is 13.1. The lowest BCUT2D eigenvalue weighted by molar-refractivity contribution is 0.768. The predicted molar refractivity (Wildman–Crippen MR) is 264 cm³/mol. The highest BCUT2D eigenvalue weighted by molar-refractivity contribution is 6.07. The molecule has 63 heavy (non-hydrogen) atoms. The van der Waals surface area contributed by atoms with Crippen LogP contribution in [0.3, 0.4) is 0 Å². The van der Waals surface area contributed by atoms with E-state index in [2.05, 4.69) is 264 Å². The van der Waals surface area contributed by atoms with Crippen LogP contribution in [0, 0.1) is 0 Å². The van der Waals surface area contributed by atoms with Crippen molar-refractivity contribution >= 4 is 38.7 Å². The molecule has 11 aromatic rings. The number of hydrogen-bond donors (Lipinski definition) is 0. The minimum atomic E-state index is -0.496. The number of hydrogen-bond acceptors (Lipinski definition) is 1. The smallest absolute Gasteiger partial charge is 0.0714 e. The Hall–Kier alpha value is -8.20. The maximum absolute atomic E-state index is 2.45. The molecule has 0 fully saturated rings. The van der Waals surface area contributed by atoms with Crippen LogP contribution in [0.25, 0.3) is 60.7 Å². The van der Waals surface area contributed by atoms with Crippen molar-refractivity contribution in [2.24, 2.45) is 0 Å². The molecule has 1 aliphatic rings. The molecule has 1 aliphatic carbocycles. The van der Waals surface area contributed by atoms with Gasteiger partial charge in [-0.3, -0.25) is 0 Å². The number of fused-ring (bicyclic) bond motifs is 6. The van der Waals surface area contributed by atoms with E-state index in [4.69, 9.17) is 0 Å². The first-order valence-electron chi connectivity index (χ1n) is 21.7. The fraction of sp³-hybridized carbons (Fsp3) is 0.0164. The van der Waals surface area contributed by atoms with E-state index >= 15 is 0 Å². The van der Waals surface area contributed by atoms with Crippen LogP contribution in [0.1, 0.15) is 22.3 Å². The van der Waals surface area contributed by atoms with Crippen molar-refractivity contribution in [1.29, 1.82) is 0 Å². The number of rotatable bonds is 8. The van der Waals surface area contributed by atoms with Gasteiger partial charge in [-0.2, -0.15) is 0 Å². The number of aromatic nitrogens is 1. The molecule has 0 amide bonds. The second kappa shape index (κ2) is 15.1. The average Bonchev–Trinajstić information content (AvgIpc) is 3.94. The van der Waals surface area contributed by atoms with Crippen LogP contribution in [0.4, 0.5) is 17.1 Å². The third kappa shape index (κ3) is 6.02. The van der Waals surface area contributed by atoms with Crippen molar-refractivity contribution in [2.75, 3.05) is 4.90 Å². The zero-order valence-electron chi connectivity index (χ0n) is 34.6. The van der Waals surface area contributed by atoms with E-state index in [9.17, 15) is 0 Å². The standard InChI is InChI=1S/C61H42N2/c1-4-14-43(15-5-1)44-26-33-51(34-27-44)63(52-35-28-46(29-36-52)45-24-31-50(32-25-45)62-41-40-57-54-21-11-10-16-47(54)30-39-60(57)62)53-37-38-56-55-22-12-13-23-58(55)61(59(56)42-53,48-17-6-2-7-18-48)49-19-8-3-9-20-49/h1-42H. The second-order valence-electron chi connectivity index (χ2n) is 16.5. The van der Waals surface area contributed by atoms with Crippen molar-refractivity contribution in [3.63, 3.8) is 0 Å². The highest BCUT2D eigenvalue weighted by atomic mass is 15.1. The van der Waals surface area contributed by atoms with Crippen LogP contribution in [-0.2, 0) is 5.41 Å². The normalized spacial score (nSPS) is 12.6. The summed E-state index contributed by atoms with van der Waals surface area (Å²) < 4.78 is 2.29. The van der Waals surface area contributed by atoms with Gasteiger partial charge in [0.2, 0.25) is 0 Å². The van der Waals surface area contributed by atoms with Crippen molar-refractivity contribution in [3.05, 3.63) is 277 Å². The topological polar surface area (TPSA) is 8.17 Å². The first-order valence-corrected chi connectivity index (χ1v) is 21.7. The summed E-state index contributed by atoms with van der Waals surface area (Å²) in [4.78, 5) is 2.41. The molecular formula is C61H42N2. The SMILES string of the molecule is c1ccc(-c2ccc(N(c3ccc(-c4ccc(-n5ccc6c7ccccc7ccc65)cc4)cc3)c3ccc4c(c3)C(c3ccccc3)(c3ccccc3)c3ccccc3-4)cc2)cc1. The molecule has 0 saturated heterocycles. The molecular weight excluding hydrogens is 761 g/mol. The molecule has 2 heteroatoms. The summed E-state index contributed by atoms with van der Waals surface area (Å²) in [5.41, 5.74) is 17.5. The average molecular weight is 803 g/mol. The van der Waals surface area contributed by atoms with E-state index < -0.39 is 5.41 Å². The fourth-order valence-electron chi connectivity index (χ4n) is 10.2. The summed E-state index contributed by atoms with van der Waals surface area (Å²) >= 11 is 0. The molecule has 1 aromatic heterocycles. The molecule has 0 N–H and O–H groups in total. The molecule has 12 rings (SSSR count). The fourth-order valence-corrected chi connectivity index (χ4v) is 10.2. The minimum absolute atomic E-state index is 0.496. The number of benzene rings is 10. The Kier molecular flexibility index (Phi) is 8.76. The van der Waals surface area contributed by atoms with E-state index in [1.54, 1.807) is 0 Å². The molecule has 0 unspecified atom stereocenters. The van der Waals surface area contributed by atoms with Gasteiger partial charge in [0.05, 0.1) is 10.9 Å². The van der Waals surface area contributed by atoms with Gasteiger partial charge in [-0.15, -0.1) is 0 Å². The van der Waals surface area contributed by atoms with Gasteiger partial charge in [0.15, 0.2) is 0 Å². The Morgan fingerprint density at radius 2 is 0.841 bits per heavy atom. The van der Waals surface area contributed by atoms with Gasteiger partial charge in [0, 0.05) is 34.3 Å². The molecule has 10 aromatic carbocycles. The van der Waals surface area contributed by atoms with Crippen molar-refractivity contribution in [2.45, 2.75) is 5.41 Å². The Morgan fingerprint density at radius 3 is 1.49 bits per heavy atom. The number of anilines is 3. The summed E-state index contributed by atoms with van der Waals surface area (Å²) in [5.74, 6) is 0. The lowest BCUT2D eigenvalue weighted by Crippen LogP contribution is -2.28. The summed E-state index contributed by atoms with van der Waals surface area (Å²) in [7, 11) is 0.